The Morgan fingerprint density at radius 1 is 1.30 bits per heavy atom. The lowest BCUT2D eigenvalue weighted by molar-refractivity contribution is -0.119. The minimum atomic E-state index is -0.0365. The smallest absolute Gasteiger partial charge is 0.217 e. The monoisotopic (exact) mass is 400 g/mol. The fraction of sp³-hybridized carbons (Fsp3) is 0.250. The molecule has 0 fully saturated rings. The highest BCUT2D eigenvalue weighted by Crippen LogP contribution is 2.27. The number of amidine groups is 1. The maximum atomic E-state index is 11.2. The number of rotatable bonds is 4. The molecule has 0 aliphatic carbocycles. The molecule has 0 bridgehead atoms. The predicted molar refractivity (Wildman–Crippen MR) is 114 cm³/mol. The van der Waals surface area contributed by atoms with Gasteiger partial charge in [-0.25, -0.2) is 4.99 Å². The number of amides is 1. The van der Waals surface area contributed by atoms with Crippen LogP contribution in [0.5, 0.6) is 0 Å². The Bertz CT molecular complexity index is 909. The number of thioether (sulfide) groups is 1. The summed E-state index contributed by atoms with van der Waals surface area (Å²) in [5, 5.41) is 8.80. The Hall–Kier alpha value is -2.31. The van der Waals surface area contributed by atoms with E-state index in [1.165, 1.54) is 6.92 Å². The van der Waals surface area contributed by atoms with E-state index in [2.05, 4.69) is 20.8 Å². The molecule has 0 aromatic heterocycles. The third-order valence-electron chi connectivity index (χ3n) is 4.26. The van der Waals surface area contributed by atoms with Crippen molar-refractivity contribution >= 4 is 45.8 Å². The highest BCUT2D eigenvalue weighted by atomic mass is 35.5. The molecule has 2 aromatic rings. The fourth-order valence-corrected chi connectivity index (χ4v) is 3.65. The van der Waals surface area contributed by atoms with Gasteiger partial charge in [0.15, 0.2) is 5.17 Å². The number of aliphatic imine (C=N–C) groups is 1. The van der Waals surface area contributed by atoms with E-state index in [1.54, 1.807) is 11.8 Å². The highest BCUT2D eigenvalue weighted by molar-refractivity contribution is 8.14. The van der Waals surface area contributed by atoms with Crippen LogP contribution in [0.2, 0.25) is 5.02 Å². The normalized spacial score (nSPS) is 16.4. The summed E-state index contributed by atoms with van der Waals surface area (Å²) in [7, 11) is 0. The Labute approximate surface area is 168 Å². The number of hydrogen-bond acceptors (Lipinski definition) is 4. The fourth-order valence-electron chi connectivity index (χ4n) is 2.70. The molecule has 3 rings (SSSR count). The summed E-state index contributed by atoms with van der Waals surface area (Å²) in [5.41, 5.74) is 7.89. The molecule has 7 heteroatoms. The third-order valence-corrected chi connectivity index (χ3v) is 5.54. The minimum absolute atomic E-state index is 0.0167. The summed E-state index contributed by atoms with van der Waals surface area (Å²) in [6.45, 7) is 5.44. The Morgan fingerprint density at radius 2 is 2.04 bits per heavy atom. The summed E-state index contributed by atoms with van der Waals surface area (Å²) >= 11 is 7.75. The molecule has 5 nitrogen and oxygen atoms in total. The van der Waals surface area contributed by atoms with Crippen molar-refractivity contribution in [2.24, 2.45) is 10.1 Å². The van der Waals surface area contributed by atoms with Crippen molar-refractivity contribution < 1.29 is 4.79 Å². The van der Waals surface area contributed by atoms with Gasteiger partial charge in [0, 0.05) is 17.7 Å². The van der Waals surface area contributed by atoms with Gasteiger partial charge in [0.2, 0.25) is 5.91 Å². The maximum absolute atomic E-state index is 11.2. The van der Waals surface area contributed by atoms with Gasteiger partial charge < -0.3 is 5.32 Å². The first-order valence-corrected chi connectivity index (χ1v) is 9.97. The zero-order valence-electron chi connectivity index (χ0n) is 15.4. The summed E-state index contributed by atoms with van der Waals surface area (Å²) in [4.78, 5) is 15.8. The molecule has 2 N–H and O–H groups in total. The zero-order valence-corrected chi connectivity index (χ0v) is 17.0. The molecule has 1 amide bonds. The van der Waals surface area contributed by atoms with Crippen molar-refractivity contribution in [1.29, 1.82) is 0 Å². The van der Waals surface area contributed by atoms with Gasteiger partial charge >= 0.3 is 0 Å². The van der Waals surface area contributed by atoms with E-state index in [1.807, 2.05) is 56.3 Å². The number of carbonyl (C=O) groups is 1. The molecule has 1 aliphatic rings. The summed E-state index contributed by atoms with van der Waals surface area (Å²) in [6, 6.07) is 13.7. The van der Waals surface area contributed by atoms with Crippen LogP contribution in [-0.2, 0) is 4.79 Å². The van der Waals surface area contributed by atoms with Crippen molar-refractivity contribution in [2.45, 2.75) is 26.8 Å². The topological polar surface area (TPSA) is 65.8 Å². The number of benzene rings is 2. The van der Waals surface area contributed by atoms with Crippen molar-refractivity contribution in [3.8, 4) is 0 Å². The highest BCUT2D eigenvalue weighted by Gasteiger charge is 2.14. The lowest BCUT2D eigenvalue weighted by Crippen LogP contribution is -2.25. The van der Waals surface area contributed by atoms with Crippen LogP contribution in [0.4, 0.5) is 5.69 Å². The van der Waals surface area contributed by atoms with Crippen LogP contribution in [-0.4, -0.2) is 22.5 Å². The SMILES string of the molecule is CC(=O)NC(C)c1ccc(C2=NNC(=Nc3cccc(Cl)c3C)SC2)cc1. The average Bonchev–Trinajstić information content (AvgIpc) is 2.66. The molecule has 1 aliphatic heterocycles. The minimum Gasteiger partial charge on any atom is -0.350 e. The largest absolute Gasteiger partial charge is 0.350 e. The third kappa shape index (κ3) is 4.90. The average molecular weight is 401 g/mol. The molecule has 1 atom stereocenters. The van der Waals surface area contributed by atoms with Gasteiger partial charge in [0.25, 0.3) is 0 Å². The van der Waals surface area contributed by atoms with Crippen LogP contribution in [0.3, 0.4) is 0 Å². The second-order valence-corrected chi connectivity index (χ2v) is 7.68. The molecule has 1 unspecified atom stereocenters. The van der Waals surface area contributed by atoms with E-state index in [9.17, 15) is 4.79 Å². The van der Waals surface area contributed by atoms with Crippen LogP contribution in [0.25, 0.3) is 0 Å². The van der Waals surface area contributed by atoms with Crippen LogP contribution < -0.4 is 10.7 Å². The van der Waals surface area contributed by atoms with Crippen LogP contribution in [0.15, 0.2) is 52.6 Å². The first-order valence-electron chi connectivity index (χ1n) is 8.60. The van der Waals surface area contributed by atoms with E-state index in [0.717, 1.165) is 39.0 Å². The zero-order chi connectivity index (χ0) is 19.4. The predicted octanol–water partition coefficient (Wildman–Crippen LogP) is 4.57. The van der Waals surface area contributed by atoms with Gasteiger partial charge in [-0.15, -0.1) is 0 Å². The first kappa shape index (κ1) is 19.5. The van der Waals surface area contributed by atoms with Gasteiger partial charge in [-0.3, -0.25) is 10.2 Å². The van der Waals surface area contributed by atoms with Gasteiger partial charge in [0.05, 0.1) is 17.4 Å². The van der Waals surface area contributed by atoms with E-state index < -0.39 is 0 Å². The maximum Gasteiger partial charge on any atom is 0.217 e. The number of hydrogen-bond donors (Lipinski definition) is 2. The van der Waals surface area contributed by atoms with Crippen LogP contribution in [0, 0.1) is 6.92 Å². The van der Waals surface area contributed by atoms with Gasteiger partial charge in [-0.2, -0.15) is 5.10 Å². The molecule has 1 heterocycles. The van der Waals surface area contributed by atoms with Crippen molar-refractivity contribution in [1.82, 2.24) is 10.7 Å². The molecule has 0 saturated heterocycles. The number of nitrogens with zero attached hydrogens (tertiary/aromatic N) is 2. The first-order chi connectivity index (χ1) is 12.9. The molecule has 0 radical (unpaired) electrons. The molecule has 27 heavy (non-hydrogen) atoms. The van der Waals surface area contributed by atoms with Crippen LogP contribution >= 0.6 is 23.4 Å². The molecule has 2 aromatic carbocycles. The van der Waals surface area contributed by atoms with Crippen molar-refractivity contribution in [3.05, 3.63) is 64.2 Å². The number of nitrogens with one attached hydrogen (secondary N) is 2. The number of halogens is 1. The van der Waals surface area contributed by atoms with Crippen molar-refractivity contribution in [2.75, 3.05) is 5.75 Å². The summed E-state index contributed by atoms with van der Waals surface area (Å²) in [6.07, 6.45) is 0. The second-order valence-electron chi connectivity index (χ2n) is 6.30. The van der Waals surface area contributed by atoms with Gasteiger partial charge in [-0.05, 0) is 42.7 Å². The van der Waals surface area contributed by atoms with E-state index >= 15 is 0 Å². The van der Waals surface area contributed by atoms with Gasteiger partial charge in [-0.1, -0.05) is 53.7 Å². The Morgan fingerprint density at radius 3 is 2.67 bits per heavy atom. The summed E-state index contributed by atoms with van der Waals surface area (Å²) in [5.74, 6) is 0.692. The Kier molecular flexibility index (Phi) is 6.19. The molecule has 0 saturated carbocycles. The Balaban J connectivity index is 1.71. The van der Waals surface area contributed by atoms with Gasteiger partial charge in [0.1, 0.15) is 0 Å². The lowest BCUT2D eigenvalue weighted by atomic mass is 10.0. The molecular formula is C20H21ClN4OS. The molecular weight excluding hydrogens is 380 g/mol. The second kappa shape index (κ2) is 8.59. The van der Waals surface area contributed by atoms with E-state index in [4.69, 9.17) is 11.6 Å². The van der Waals surface area contributed by atoms with E-state index in [0.29, 0.717) is 5.02 Å². The van der Waals surface area contributed by atoms with E-state index in [-0.39, 0.29) is 11.9 Å². The lowest BCUT2D eigenvalue weighted by Gasteiger charge is -2.17. The number of carbonyl (C=O) groups excluding carboxylic acids is 1. The summed E-state index contributed by atoms with van der Waals surface area (Å²) < 4.78 is 0. The molecule has 140 valence electrons. The quantitative estimate of drug-likeness (QED) is 0.789. The number of hydrazone groups is 1. The van der Waals surface area contributed by atoms with Crippen molar-refractivity contribution in [3.63, 3.8) is 0 Å². The van der Waals surface area contributed by atoms with Crippen LogP contribution in [0.1, 0.15) is 36.6 Å². The molecule has 0 spiro atoms. The standard InChI is InChI=1S/C20H21ClN4OS/c1-12-17(21)5-4-6-18(12)23-20-25-24-19(11-27-20)16-9-7-15(8-10-16)13(2)22-14(3)26/h4-10,13H,11H2,1-3H3,(H,22,26)(H,23,25).